The Bertz CT molecular complexity index is 903. The third-order valence-corrected chi connectivity index (χ3v) is 5.15. The summed E-state index contributed by atoms with van der Waals surface area (Å²) in [7, 11) is 0. The van der Waals surface area contributed by atoms with Crippen LogP contribution in [0.15, 0.2) is 39.5 Å². The molecule has 0 saturated carbocycles. The van der Waals surface area contributed by atoms with Gasteiger partial charge in [0.2, 0.25) is 5.91 Å². The third kappa shape index (κ3) is 4.43. The summed E-state index contributed by atoms with van der Waals surface area (Å²) < 4.78 is 10.8. The fourth-order valence-corrected chi connectivity index (χ4v) is 3.70. The van der Waals surface area contributed by atoms with E-state index in [1.165, 1.54) is 17.4 Å². The van der Waals surface area contributed by atoms with E-state index in [2.05, 4.69) is 6.92 Å². The SMILES string of the molecule is CCCCCC[C@H](C)OC(=O)[C@@H]1CCC(=O)N1c1cc(=O)oc2ccccc12. The number of esters is 1. The molecule has 1 aromatic heterocycles. The van der Waals surface area contributed by atoms with E-state index >= 15 is 0 Å². The van der Waals surface area contributed by atoms with Gasteiger partial charge in [0.05, 0.1) is 11.8 Å². The van der Waals surface area contributed by atoms with Gasteiger partial charge in [-0.1, -0.05) is 38.3 Å². The maximum atomic E-state index is 12.8. The Morgan fingerprint density at radius 2 is 2.04 bits per heavy atom. The van der Waals surface area contributed by atoms with E-state index in [0.717, 1.165) is 25.7 Å². The van der Waals surface area contributed by atoms with Crippen molar-refractivity contribution in [3.8, 4) is 0 Å². The number of para-hydroxylation sites is 1. The normalized spacial score (nSPS) is 17.9. The lowest BCUT2D eigenvalue weighted by Crippen LogP contribution is -2.41. The predicted molar refractivity (Wildman–Crippen MR) is 107 cm³/mol. The first kappa shape index (κ1) is 20.1. The van der Waals surface area contributed by atoms with Gasteiger partial charge in [-0.05, 0) is 38.3 Å². The van der Waals surface area contributed by atoms with Crippen LogP contribution in [-0.2, 0) is 14.3 Å². The van der Waals surface area contributed by atoms with Crippen LogP contribution in [0.1, 0.15) is 58.8 Å². The van der Waals surface area contributed by atoms with Crippen LogP contribution < -0.4 is 10.5 Å². The summed E-state index contributed by atoms with van der Waals surface area (Å²) in [5, 5.41) is 0.628. The van der Waals surface area contributed by atoms with Crippen molar-refractivity contribution in [3.63, 3.8) is 0 Å². The molecular weight excluding hydrogens is 358 g/mol. The quantitative estimate of drug-likeness (QED) is 0.387. The Kier molecular flexibility index (Phi) is 6.49. The predicted octanol–water partition coefficient (Wildman–Crippen LogP) is 4.19. The van der Waals surface area contributed by atoms with Crippen molar-refractivity contribution in [1.29, 1.82) is 0 Å². The molecule has 1 aromatic carbocycles. The van der Waals surface area contributed by atoms with Crippen LogP contribution in [0.5, 0.6) is 0 Å². The van der Waals surface area contributed by atoms with Gasteiger partial charge < -0.3 is 9.15 Å². The molecule has 28 heavy (non-hydrogen) atoms. The van der Waals surface area contributed by atoms with Gasteiger partial charge in [0, 0.05) is 17.9 Å². The van der Waals surface area contributed by atoms with Crippen LogP contribution in [0.25, 0.3) is 11.0 Å². The van der Waals surface area contributed by atoms with Gasteiger partial charge in [0.15, 0.2) is 0 Å². The molecule has 1 aliphatic heterocycles. The molecule has 1 saturated heterocycles. The molecule has 0 N–H and O–H groups in total. The zero-order valence-electron chi connectivity index (χ0n) is 16.5. The second kappa shape index (κ2) is 9.04. The van der Waals surface area contributed by atoms with Crippen molar-refractivity contribution < 1.29 is 18.7 Å². The summed E-state index contributed by atoms with van der Waals surface area (Å²) in [5.74, 6) is -0.598. The maximum Gasteiger partial charge on any atom is 0.338 e. The number of anilines is 1. The highest BCUT2D eigenvalue weighted by Crippen LogP contribution is 2.32. The first-order chi connectivity index (χ1) is 13.5. The largest absolute Gasteiger partial charge is 0.461 e. The van der Waals surface area contributed by atoms with E-state index in [1.54, 1.807) is 24.3 Å². The van der Waals surface area contributed by atoms with Gasteiger partial charge in [0.1, 0.15) is 11.6 Å². The second-order valence-corrected chi connectivity index (χ2v) is 7.36. The first-order valence-electron chi connectivity index (χ1n) is 10.1. The van der Waals surface area contributed by atoms with Crippen LogP contribution in [0.3, 0.4) is 0 Å². The third-order valence-electron chi connectivity index (χ3n) is 5.15. The molecule has 150 valence electrons. The molecule has 0 bridgehead atoms. The standard InChI is InChI=1S/C22H27NO5/c1-3-4-5-6-9-15(2)27-22(26)17-12-13-20(24)23(17)18-14-21(25)28-19-11-8-7-10-16(18)19/h7-8,10-11,14-15,17H,3-6,9,12-13H2,1-2H3/t15-,17-/m0/s1. The number of ether oxygens (including phenoxy) is 1. The van der Waals surface area contributed by atoms with Crippen LogP contribution in [0.2, 0.25) is 0 Å². The molecule has 2 heterocycles. The molecule has 6 nitrogen and oxygen atoms in total. The van der Waals surface area contributed by atoms with Crippen molar-refractivity contribution in [3.05, 3.63) is 40.8 Å². The molecule has 1 amide bonds. The highest BCUT2D eigenvalue weighted by Gasteiger charge is 2.39. The lowest BCUT2D eigenvalue weighted by molar-refractivity contribution is -0.150. The van der Waals surface area contributed by atoms with Crippen molar-refractivity contribution in [2.45, 2.75) is 70.9 Å². The van der Waals surface area contributed by atoms with Gasteiger partial charge in [-0.15, -0.1) is 0 Å². The molecule has 1 aliphatic rings. The van der Waals surface area contributed by atoms with E-state index in [9.17, 15) is 14.4 Å². The number of amides is 1. The van der Waals surface area contributed by atoms with Gasteiger partial charge in [-0.2, -0.15) is 0 Å². The number of carbonyl (C=O) groups excluding carboxylic acids is 2. The van der Waals surface area contributed by atoms with Gasteiger partial charge in [-0.25, -0.2) is 9.59 Å². The number of rotatable bonds is 8. The molecule has 0 spiro atoms. The van der Waals surface area contributed by atoms with Crippen molar-refractivity contribution in [1.82, 2.24) is 0 Å². The molecule has 1 fully saturated rings. The summed E-state index contributed by atoms with van der Waals surface area (Å²) in [4.78, 5) is 38.7. The number of fused-ring (bicyclic) bond motifs is 1. The van der Waals surface area contributed by atoms with E-state index in [0.29, 0.717) is 23.1 Å². The fourth-order valence-electron chi connectivity index (χ4n) is 3.70. The Morgan fingerprint density at radius 3 is 2.82 bits per heavy atom. The summed E-state index contributed by atoms with van der Waals surface area (Å²) in [6.07, 6.45) is 5.72. The average molecular weight is 385 g/mol. The van der Waals surface area contributed by atoms with E-state index in [1.807, 2.05) is 6.92 Å². The second-order valence-electron chi connectivity index (χ2n) is 7.36. The molecule has 0 radical (unpaired) electrons. The lowest BCUT2D eigenvalue weighted by atomic mass is 10.1. The zero-order valence-corrected chi connectivity index (χ0v) is 16.5. The zero-order chi connectivity index (χ0) is 20.1. The Balaban J connectivity index is 1.79. The average Bonchev–Trinajstić information content (AvgIpc) is 3.06. The van der Waals surface area contributed by atoms with Crippen LogP contribution in [0.4, 0.5) is 5.69 Å². The summed E-state index contributed by atoms with van der Waals surface area (Å²) >= 11 is 0. The number of carbonyl (C=O) groups is 2. The van der Waals surface area contributed by atoms with E-state index in [-0.39, 0.29) is 18.4 Å². The van der Waals surface area contributed by atoms with Crippen LogP contribution >= 0.6 is 0 Å². The maximum absolute atomic E-state index is 12.8. The summed E-state index contributed by atoms with van der Waals surface area (Å²) in [6.45, 7) is 4.04. The Morgan fingerprint density at radius 1 is 1.25 bits per heavy atom. The molecule has 0 aliphatic carbocycles. The Labute approximate surface area is 164 Å². The van der Waals surface area contributed by atoms with Gasteiger partial charge in [0.25, 0.3) is 0 Å². The van der Waals surface area contributed by atoms with E-state index < -0.39 is 17.6 Å². The molecule has 3 rings (SSSR count). The minimum atomic E-state index is -0.712. The fraction of sp³-hybridized carbons (Fsp3) is 0.500. The first-order valence-corrected chi connectivity index (χ1v) is 10.1. The monoisotopic (exact) mass is 385 g/mol. The Hall–Kier alpha value is -2.63. The highest BCUT2D eigenvalue weighted by molar-refractivity contribution is 6.07. The van der Waals surface area contributed by atoms with Crippen LogP contribution in [-0.4, -0.2) is 24.0 Å². The van der Waals surface area contributed by atoms with Crippen molar-refractivity contribution in [2.24, 2.45) is 0 Å². The number of unbranched alkanes of at least 4 members (excludes halogenated alkanes) is 3. The van der Waals surface area contributed by atoms with Crippen LogP contribution in [0, 0.1) is 0 Å². The lowest BCUT2D eigenvalue weighted by Gasteiger charge is -2.25. The minimum Gasteiger partial charge on any atom is -0.461 e. The number of benzene rings is 1. The van der Waals surface area contributed by atoms with E-state index in [4.69, 9.17) is 9.15 Å². The van der Waals surface area contributed by atoms with Gasteiger partial charge in [-0.3, -0.25) is 9.69 Å². The number of nitrogens with zero attached hydrogens (tertiary/aromatic N) is 1. The van der Waals surface area contributed by atoms with Crippen molar-refractivity contribution in [2.75, 3.05) is 4.90 Å². The number of hydrogen-bond acceptors (Lipinski definition) is 5. The molecule has 6 heteroatoms. The minimum absolute atomic E-state index is 0.187. The summed E-state index contributed by atoms with van der Waals surface area (Å²) in [5.41, 5.74) is 0.248. The topological polar surface area (TPSA) is 76.8 Å². The highest BCUT2D eigenvalue weighted by atomic mass is 16.5. The molecule has 0 unspecified atom stereocenters. The summed E-state index contributed by atoms with van der Waals surface area (Å²) in [6, 6.07) is 7.57. The molecule has 2 atom stereocenters. The van der Waals surface area contributed by atoms with Gasteiger partial charge >= 0.3 is 11.6 Å². The molecule has 2 aromatic rings. The van der Waals surface area contributed by atoms with Crippen molar-refractivity contribution >= 4 is 28.5 Å². The number of hydrogen-bond donors (Lipinski definition) is 0. The molecular formula is C22H27NO5. The smallest absolute Gasteiger partial charge is 0.338 e.